The average Bonchev–Trinajstić information content (AvgIpc) is 2.53. The van der Waals surface area contributed by atoms with Crippen LogP contribution in [0.2, 0.25) is 5.02 Å². The summed E-state index contributed by atoms with van der Waals surface area (Å²) < 4.78 is 0.340. The Balaban J connectivity index is 2.27. The average molecular weight is 398 g/mol. The van der Waals surface area contributed by atoms with Crippen molar-refractivity contribution in [3.05, 3.63) is 73.2 Å². The Bertz CT molecular complexity index is 749. The van der Waals surface area contributed by atoms with Crippen LogP contribution in [0.25, 0.3) is 0 Å². The lowest BCUT2D eigenvalue weighted by Crippen LogP contribution is -2.29. The predicted molar refractivity (Wildman–Crippen MR) is 92.8 cm³/mol. The van der Waals surface area contributed by atoms with Gasteiger partial charge in [0.1, 0.15) is 0 Å². The van der Waals surface area contributed by atoms with Crippen LogP contribution < -0.4 is 0 Å². The van der Waals surface area contributed by atoms with E-state index >= 15 is 0 Å². The molecular weight excluding hydrogens is 384 g/mol. The first-order chi connectivity index (χ1) is 10.8. The number of carbonyl (C=O) groups is 1. The van der Waals surface area contributed by atoms with E-state index in [1.54, 1.807) is 25.2 Å². The summed E-state index contributed by atoms with van der Waals surface area (Å²) in [5.41, 5.74) is 1.06. The highest BCUT2D eigenvalue weighted by Gasteiger charge is 2.22. The first-order valence-electron chi connectivity index (χ1n) is 6.78. The molecule has 0 spiro atoms. The third-order valence-electron chi connectivity index (χ3n) is 3.64. The third kappa shape index (κ3) is 3.89. The van der Waals surface area contributed by atoms with E-state index in [4.69, 9.17) is 11.6 Å². The van der Waals surface area contributed by atoms with Gasteiger partial charge in [-0.1, -0.05) is 23.7 Å². The van der Waals surface area contributed by atoms with E-state index in [1.807, 2.05) is 19.1 Å². The maximum absolute atomic E-state index is 12.6. The third-order valence-corrected chi connectivity index (χ3v) is 4.57. The molecule has 0 radical (unpaired) electrons. The zero-order valence-electron chi connectivity index (χ0n) is 12.5. The molecule has 1 amide bonds. The van der Waals surface area contributed by atoms with Crippen LogP contribution in [0.15, 0.2) is 46.9 Å². The quantitative estimate of drug-likeness (QED) is 0.547. The summed E-state index contributed by atoms with van der Waals surface area (Å²) in [5.74, 6) is -0.289. The molecule has 0 aliphatic heterocycles. The Morgan fingerprint density at radius 3 is 2.43 bits per heavy atom. The number of hydrogen-bond donors (Lipinski definition) is 0. The smallest absolute Gasteiger partial charge is 0.284 e. The van der Waals surface area contributed by atoms with Crippen molar-refractivity contribution in [2.45, 2.75) is 13.0 Å². The molecule has 0 saturated heterocycles. The molecule has 2 aromatic rings. The van der Waals surface area contributed by atoms with Crippen LogP contribution in [0.4, 0.5) is 5.69 Å². The summed E-state index contributed by atoms with van der Waals surface area (Å²) >= 11 is 8.98. The van der Waals surface area contributed by atoms with Gasteiger partial charge in [-0.3, -0.25) is 14.9 Å². The van der Waals surface area contributed by atoms with Crippen molar-refractivity contribution in [3.63, 3.8) is 0 Å². The number of amides is 1. The van der Waals surface area contributed by atoms with E-state index in [0.717, 1.165) is 5.56 Å². The monoisotopic (exact) mass is 396 g/mol. The highest BCUT2D eigenvalue weighted by Crippen LogP contribution is 2.28. The Kier molecular flexibility index (Phi) is 5.38. The Morgan fingerprint density at radius 1 is 1.26 bits per heavy atom. The van der Waals surface area contributed by atoms with Crippen LogP contribution in [0.1, 0.15) is 28.9 Å². The number of carbonyl (C=O) groups excluding carboxylic acids is 1. The van der Waals surface area contributed by atoms with Crippen molar-refractivity contribution in [3.8, 4) is 0 Å². The molecule has 23 heavy (non-hydrogen) atoms. The van der Waals surface area contributed by atoms with Gasteiger partial charge in [-0.15, -0.1) is 0 Å². The fraction of sp³-hybridized carbons (Fsp3) is 0.188. The van der Waals surface area contributed by atoms with Gasteiger partial charge < -0.3 is 4.90 Å². The summed E-state index contributed by atoms with van der Waals surface area (Å²) in [4.78, 5) is 24.6. The van der Waals surface area contributed by atoms with Gasteiger partial charge in [-0.25, -0.2) is 0 Å². The fourth-order valence-electron chi connectivity index (χ4n) is 2.13. The topological polar surface area (TPSA) is 63.5 Å². The molecule has 2 aromatic carbocycles. The largest absolute Gasteiger partial charge is 0.335 e. The number of nitrogens with zero attached hydrogens (tertiary/aromatic N) is 2. The van der Waals surface area contributed by atoms with E-state index in [-0.39, 0.29) is 23.2 Å². The Hall–Kier alpha value is -1.92. The van der Waals surface area contributed by atoms with E-state index < -0.39 is 4.92 Å². The molecule has 7 heteroatoms. The van der Waals surface area contributed by atoms with Gasteiger partial charge in [0.15, 0.2) is 0 Å². The maximum atomic E-state index is 12.6. The molecule has 1 atom stereocenters. The fourth-order valence-corrected chi connectivity index (χ4v) is 2.65. The molecule has 0 aliphatic carbocycles. The van der Waals surface area contributed by atoms with Crippen LogP contribution in [-0.4, -0.2) is 22.8 Å². The highest BCUT2D eigenvalue weighted by molar-refractivity contribution is 9.10. The second kappa shape index (κ2) is 7.10. The van der Waals surface area contributed by atoms with Gasteiger partial charge in [-0.05, 0) is 52.7 Å². The number of hydrogen-bond acceptors (Lipinski definition) is 3. The van der Waals surface area contributed by atoms with Crippen LogP contribution in [0.5, 0.6) is 0 Å². The summed E-state index contributed by atoms with van der Waals surface area (Å²) in [6, 6.07) is 11.4. The number of rotatable bonds is 4. The molecule has 2 rings (SSSR count). The van der Waals surface area contributed by atoms with Gasteiger partial charge in [-0.2, -0.15) is 0 Å². The minimum atomic E-state index is -0.524. The van der Waals surface area contributed by atoms with Crippen molar-refractivity contribution in [2.24, 2.45) is 0 Å². The maximum Gasteiger partial charge on any atom is 0.284 e. The molecule has 0 unspecified atom stereocenters. The van der Waals surface area contributed by atoms with Crippen LogP contribution in [0, 0.1) is 10.1 Å². The standard InChI is InChI=1S/C16H14BrClN2O3/c1-10(11-3-6-13(18)7-4-11)19(2)16(21)12-5-8-14(17)15(9-12)20(22)23/h3-10H,1-2H3/t10-/m0/s1. The first kappa shape index (κ1) is 17.4. The van der Waals surface area contributed by atoms with Crippen molar-refractivity contribution in [1.82, 2.24) is 4.90 Å². The van der Waals surface area contributed by atoms with Gasteiger partial charge in [0.05, 0.1) is 15.4 Å². The molecule has 120 valence electrons. The van der Waals surface area contributed by atoms with Gasteiger partial charge in [0.2, 0.25) is 0 Å². The van der Waals surface area contributed by atoms with Crippen molar-refractivity contribution >= 4 is 39.1 Å². The minimum absolute atomic E-state index is 0.136. The SMILES string of the molecule is C[C@@H](c1ccc(Cl)cc1)N(C)C(=O)c1ccc(Br)c([N+](=O)[O-])c1. The second-order valence-electron chi connectivity index (χ2n) is 5.07. The van der Waals surface area contributed by atoms with Crippen molar-refractivity contribution in [2.75, 3.05) is 7.05 Å². The lowest BCUT2D eigenvalue weighted by Gasteiger charge is -2.25. The number of nitro groups is 1. The molecule has 0 heterocycles. The van der Waals surface area contributed by atoms with Crippen molar-refractivity contribution in [1.29, 1.82) is 0 Å². The molecule has 0 aliphatic rings. The predicted octanol–water partition coefficient (Wildman–Crippen LogP) is 4.84. The zero-order valence-corrected chi connectivity index (χ0v) is 14.8. The molecule has 0 bridgehead atoms. The lowest BCUT2D eigenvalue weighted by atomic mass is 10.1. The molecular formula is C16H14BrClN2O3. The van der Waals surface area contributed by atoms with Crippen molar-refractivity contribution < 1.29 is 9.72 Å². The summed E-state index contributed by atoms with van der Waals surface area (Å²) in [6.07, 6.45) is 0. The van der Waals surface area contributed by atoms with E-state index in [2.05, 4.69) is 15.9 Å². The summed E-state index contributed by atoms with van der Waals surface area (Å²) in [7, 11) is 1.66. The molecule has 0 saturated carbocycles. The van der Waals surface area contributed by atoms with Crippen LogP contribution in [-0.2, 0) is 0 Å². The minimum Gasteiger partial charge on any atom is -0.335 e. The van der Waals surface area contributed by atoms with Crippen LogP contribution >= 0.6 is 27.5 Å². The number of benzene rings is 2. The molecule has 0 fully saturated rings. The van der Waals surface area contributed by atoms with Gasteiger partial charge in [0, 0.05) is 23.7 Å². The Labute approximate surface area is 147 Å². The summed E-state index contributed by atoms with van der Waals surface area (Å²) in [6.45, 7) is 1.88. The van der Waals surface area contributed by atoms with E-state index in [1.165, 1.54) is 17.0 Å². The van der Waals surface area contributed by atoms with Crippen LogP contribution in [0.3, 0.4) is 0 Å². The molecule has 0 N–H and O–H groups in total. The highest BCUT2D eigenvalue weighted by atomic mass is 79.9. The van der Waals surface area contributed by atoms with E-state index in [9.17, 15) is 14.9 Å². The summed E-state index contributed by atoms with van der Waals surface area (Å²) in [5, 5.41) is 11.6. The lowest BCUT2D eigenvalue weighted by molar-refractivity contribution is -0.385. The Morgan fingerprint density at radius 2 is 1.87 bits per heavy atom. The van der Waals surface area contributed by atoms with Gasteiger partial charge in [0.25, 0.3) is 11.6 Å². The second-order valence-corrected chi connectivity index (χ2v) is 6.36. The number of halogens is 2. The normalized spacial score (nSPS) is 11.8. The molecule has 0 aromatic heterocycles. The molecule has 5 nitrogen and oxygen atoms in total. The zero-order chi connectivity index (χ0) is 17.1. The van der Waals surface area contributed by atoms with E-state index in [0.29, 0.717) is 9.50 Å². The number of nitro benzene ring substituents is 1. The van der Waals surface area contributed by atoms with Gasteiger partial charge >= 0.3 is 0 Å². The first-order valence-corrected chi connectivity index (χ1v) is 7.95.